The minimum absolute atomic E-state index is 0.118. The number of urea groups is 1. The molecule has 5 heteroatoms. The van der Waals surface area contributed by atoms with Gasteiger partial charge < -0.3 is 16.4 Å². The van der Waals surface area contributed by atoms with Crippen molar-refractivity contribution in [1.82, 2.24) is 10.6 Å². The summed E-state index contributed by atoms with van der Waals surface area (Å²) in [4.78, 5) is 23.5. The zero-order chi connectivity index (χ0) is 20.1. The molecule has 1 atom stereocenters. The predicted octanol–water partition coefficient (Wildman–Crippen LogP) is 3.34. The second-order valence-electron chi connectivity index (χ2n) is 8.57. The smallest absolute Gasteiger partial charge is 0.312 e. The number of hydrogen-bond acceptors (Lipinski definition) is 2. The van der Waals surface area contributed by atoms with E-state index in [4.69, 9.17) is 5.73 Å². The summed E-state index contributed by atoms with van der Waals surface area (Å²) in [5.74, 6) is 0.103. The van der Waals surface area contributed by atoms with Gasteiger partial charge >= 0.3 is 6.03 Å². The minimum Gasteiger partial charge on any atom is -0.354 e. The lowest BCUT2D eigenvalue weighted by Crippen LogP contribution is -2.49. The maximum atomic E-state index is 12.4. The average Bonchev–Trinajstić information content (AvgIpc) is 2.47. The highest BCUT2D eigenvalue weighted by atomic mass is 16.2. The van der Waals surface area contributed by atoms with Gasteiger partial charge in [0, 0.05) is 6.54 Å². The molecule has 5 nitrogen and oxygen atoms in total. The Morgan fingerprint density at radius 3 is 2.08 bits per heavy atom. The maximum absolute atomic E-state index is 12.4. The summed E-state index contributed by atoms with van der Waals surface area (Å²) in [6.45, 7) is 15.4. The van der Waals surface area contributed by atoms with E-state index in [1.807, 2.05) is 13.8 Å². The van der Waals surface area contributed by atoms with Crippen LogP contribution in [-0.2, 0) is 16.6 Å². The largest absolute Gasteiger partial charge is 0.354 e. The highest BCUT2D eigenvalue weighted by molar-refractivity contribution is 5.86. The number of amides is 3. The standard InChI is InChI=1S/C21H35N3O2/c1-13(2)10-18(24-20(22)26)19(25)23-9-8-17-14(3)11-16(12-15(17)4)21(5,6)7/h11-13,18H,8-10H2,1-7H3,(H,23,25)(H3,22,24,26). The van der Waals surface area contributed by atoms with E-state index in [0.717, 1.165) is 6.42 Å². The lowest BCUT2D eigenvalue weighted by molar-refractivity contribution is -0.123. The number of hydrogen-bond donors (Lipinski definition) is 3. The fraction of sp³-hybridized carbons (Fsp3) is 0.619. The zero-order valence-electron chi connectivity index (χ0n) is 17.3. The summed E-state index contributed by atoms with van der Waals surface area (Å²) < 4.78 is 0. The number of primary amides is 1. The van der Waals surface area contributed by atoms with Gasteiger partial charge in [-0.15, -0.1) is 0 Å². The Morgan fingerprint density at radius 1 is 1.12 bits per heavy atom. The molecule has 146 valence electrons. The van der Waals surface area contributed by atoms with Crippen molar-refractivity contribution < 1.29 is 9.59 Å². The minimum atomic E-state index is -0.671. The first-order valence-electron chi connectivity index (χ1n) is 9.36. The van der Waals surface area contributed by atoms with Gasteiger partial charge in [0.2, 0.25) is 5.91 Å². The number of nitrogens with one attached hydrogen (secondary N) is 2. The van der Waals surface area contributed by atoms with Gasteiger partial charge in [0.15, 0.2) is 0 Å². The monoisotopic (exact) mass is 361 g/mol. The van der Waals surface area contributed by atoms with Gasteiger partial charge in [-0.1, -0.05) is 46.8 Å². The zero-order valence-corrected chi connectivity index (χ0v) is 17.3. The van der Waals surface area contributed by atoms with E-state index in [2.05, 4.69) is 57.4 Å². The molecule has 0 heterocycles. The van der Waals surface area contributed by atoms with E-state index in [9.17, 15) is 9.59 Å². The van der Waals surface area contributed by atoms with Gasteiger partial charge in [0.25, 0.3) is 0 Å². The molecular weight excluding hydrogens is 326 g/mol. The molecule has 1 aromatic carbocycles. The first kappa shape index (κ1) is 22.0. The summed E-state index contributed by atoms with van der Waals surface area (Å²) in [7, 11) is 0. The summed E-state index contributed by atoms with van der Waals surface area (Å²) in [5, 5.41) is 5.47. The molecule has 0 aliphatic carbocycles. The molecule has 1 aromatic rings. The van der Waals surface area contributed by atoms with Gasteiger partial charge in [-0.2, -0.15) is 0 Å². The molecule has 0 spiro atoms. The van der Waals surface area contributed by atoms with E-state index in [1.54, 1.807) is 0 Å². The number of carbonyl (C=O) groups is 2. The van der Waals surface area contributed by atoms with Crippen LogP contribution in [0.1, 0.15) is 63.3 Å². The molecule has 0 saturated carbocycles. The lowest BCUT2D eigenvalue weighted by Gasteiger charge is -2.23. The van der Waals surface area contributed by atoms with Crippen LogP contribution in [0.3, 0.4) is 0 Å². The van der Waals surface area contributed by atoms with Crippen molar-refractivity contribution in [2.75, 3.05) is 6.54 Å². The van der Waals surface area contributed by atoms with Crippen LogP contribution in [-0.4, -0.2) is 24.5 Å². The van der Waals surface area contributed by atoms with Crippen LogP contribution in [0.15, 0.2) is 12.1 Å². The topological polar surface area (TPSA) is 84.2 Å². The van der Waals surface area contributed by atoms with Crippen LogP contribution in [0.2, 0.25) is 0 Å². The van der Waals surface area contributed by atoms with Crippen LogP contribution in [0, 0.1) is 19.8 Å². The molecular formula is C21H35N3O2. The first-order chi connectivity index (χ1) is 11.9. The van der Waals surface area contributed by atoms with Gasteiger partial charge in [-0.25, -0.2) is 4.79 Å². The Morgan fingerprint density at radius 2 is 1.65 bits per heavy atom. The van der Waals surface area contributed by atoms with Crippen LogP contribution >= 0.6 is 0 Å². The van der Waals surface area contributed by atoms with E-state index in [-0.39, 0.29) is 17.2 Å². The molecule has 0 radical (unpaired) electrons. The third kappa shape index (κ3) is 6.70. The Kier molecular flexibility index (Phi) is 7.67. The van der Waals surface area contributed by atoms with Gasteiger partial charge in [0.1, 0.15) is 6.04 Å². The van der Waals surface area contributed by atoms with Crippen molar-refractivity contribution in [1.29, 1.82) is 0 Å². The Hall–Kier alpha value is -2.04. The Bertz CT molecular complexity index is 622. The van der Waals surface area contributed by atoms with Crippen LogP contribution in [0.25, 0.3) is 0 Å². The molecule has 0 aliphatic heterocycles. The summed E-state index contributed by atoms with van der Waals surface area (Å²) >= 11 is 0. The summed E-state index contributed by atoms with van der Waals surface area (Å²) in [6, 6.07) is 3.22. The molecule has 0 saturated heterocycles. The molecule has 0 fully saturated rings. The van der Waals surface area contributed by atoms with Crippen molar-refractivity contribution >= 4 is 11.9 Å². The first-order valence-corrected chi connectivity index (χ1v) is 9.36. The highest BCUT2D eigenvalue weighted by Crippen LogP contribution is 2.27. The molecule has 1 rings (SSSR count). The fourth-order valence-electron chi connectivity index (χ4n) is 3.13. The summed E-state index contributed by atoms with van der Waals surface area (Å²) in [6.07, 6.45) is 1.33. The van der Waals surface area contributed by atoms with Crippen molar-refractivity contribution in [3.8, 4) is 0 Å². The van der Waals surface area contributed by atoms with E-state index in [0.29, 0.717) is 13.0 Å². The number of aryl methyl sites for hydroxylation is 2. The number of benzene rings is 1. The SMILES string of the molecule is Cc1cc(C(C)(C)C)cc(C)c1CCNC(=O)C(CC(C)C)NC(N)=O. The second kappa shape index (κ2) is 9.06. The third-order valence-electron chi connectivity index (χ3n) is 4.58. The van der Waals surface area contributed by atoms with Crippen molar-refractivity contribution in [2.24, 2.45) is 11.7 Å². The fourth-order valence-corrected chi connectivity index (χ4v) is 3.13. The van der Waals surface area contributed by atoms with Crippen molar-refractivity contribution in [3.63, 3.8) is 0 Å². The molecule has 4 N–H and O–H groups in total. The molecule has 0 bridgehead atoms. The van der Waals surface area contributed by atoms with Crippen molar-refractivity contribution in [2.45, 2.75) is 72.8 Å². The lowest BCUT2D eigenvalue weighted by atomic mass is 9.83. The third-order valence-corrected chi connectivity index (χ3v) is 4.58. The quantitative estimate of drug-likeness (QED) is 0.696. The van der Waals surface area contributed by atoms with Crippen LogP contribution in [0.4, 0.5) is 4.79 Å². The van der Waals surface area contributed by atoms with Crippen LogP contribution < -0.4 is 16.4 Å². The maximum Gasteiger partial charge on any atom is 0.312 e. The molecule has 0 aromatic heterocycles. The van der Waals surface area contributed by atoms with E-state index in [1.165, 1.54) is 22.3 Å². The van der Waals surface area contributed by atoms with Gasteiger partial charge in [-0.3, -0.25) is 4.79 Å². The Balaban J connectivity index is 2.74. The molecule has 1 unspecified atom stereocenters. The van der Waals surface area contributed by atoms with Gasteiger partial charge in [-0.05, 0) is 60.3 Å². The van der Waals surface area contributed by atoms with Crippen LogP contribution in [0.5, 0.6) is 0 Å². The number of rotatable bonds is 7. The number of nitrogens with two attached hydrogens (primary N) is 1. The number of carbonyl (C=O) groups excluding carboxylic acids is 2. The van der Waals surface area contributed by atoms with Crippen molar-refractivity contribution in [3.05, 3.63) is 34.4 Å². The molecule has 3 amide bonds. The highest BCUT2D eigenvalue weighted by Gasteiger charge is 2.21. The molecule has 0 aliphatic rings. The second-order valence-corrected chi connectivity index (χ2v) is 8.57. The predicted molar refractivity (Wildman–Crippen MR) is 107 cm³/mol. The normalized spacial score (nSPS) is 12.8. The summed E-state index contributed by atoms with van der Waals surface area (Å²) in [5.41, 5.74) is 10.4. The Labute approximate surface area is 158 Å². The van der Waals surface area contributed by atoms with Gasteiger partial charge in [0.05, 0.1) is 0 Å². The molecule has 26 heavy (non-hydrogen) atoms. The van der Waals surface area contributed by atoms with E-state index < -0.39 is 12.1 Å². The van der Waals surface area contributed by atoms with E-state index >= 15 is 0 Å². The average molecular weight is 362 g/mol.